The van der Waals surface area contributed by atoms with Crippen LogP contribution in [0.1, 0.15) is 22.6 Å². The summed E-state index contributed by atoms with van der Waals surface area (Å²) in [5.74, 6) is 0.832. The molecular weight excluding hydrogens is 294 g/mol. The Morgan fingerprint density at radius 2 is 2.29 bits per heavy atom. The first kappa shape index (κ1) is 14.0. The van der Waals surface area contributed by atoms with Crippen LogP contribution in [0, 0.1) is 5.92 Å². The number of carbonyl (C=O) groups excluding carboxylic acids is 1. The first-order valence-electron chi connectivity index (χ1n) is 6.61. The molecule has 1 unspecified atom stereocenters. The molecule has 3 heterocycles. The fourth-order valence-electron chi connectivity index (χ4n) is 2.62. The van der Waals surface area contributed by atoms with Crippen molar-refractivity contribution in [2.75, 3.05) is 18.6 Å². The monoisotopic (exact) mass is 309 g/mol. The second-order valence-electron chi connectivity index (χ2n) is 5.22. The van der Waals surface area contributed by atoms with E-state index in [1.807, 2.05) is 0 Å². The highest BCUT2D eigenvalue weighted by molar-refractivity contribution is 7.91. The van der Waals surface area contributed by atoms with Gasteiger partial charge in [0.05, 0.1) is 24.2 Å². The van der Waals surface area contributed by atoms with E-state index in [-0.39, 0.29) is 17.4 Å². The number of aromatic nitrogens is 3. The van der Waals surface area contributed by atoms with E-state index in [0.29, 0.717) is 29.9 Å². The largest absolute Gasteiger partial charge is 0.465 e. The Morgan fingerprint density at radius 1 is 1.48 bits per heavy atom. The quantitative estimate of drug-likeness (QED) is 0.767. The van der Waals surface area contributed by atoms with Crippen molar-refractivity contribution < 1.29 is 17.9 Å². The van der Waals surface area contributed by atoms with Gasteiger partial charge in [-0.05, 0) is 24.5 Å². The van der Waals surface area contributed by atoms with Gasteiger partial charge in [-0.15, -0.1) is 10.2 Å². The maximum atomic E-state index is 11.5. The van der Waals surface area contributed by atoms with E-state index in [1.165, 1.54) is 7.11 Å². The molecule has 0 radical (unpaired) electrons. The van der Waals surface area contributed by atoms with Crippen LogP contribution in [0.15, 0.2) is 18.3 Å². The Kier molecular flexibility index (Phi) is 3.40. The molecule has 0 amide bonds. The van der Waals surface area contributed by atoms with Gasteiger partial charge < -0.3 is 4.74 Å². The van der Waals surface area contributed by atoms with Gasteiger partial charge in [0.2, 0.25) is 0 Å². The van der Waals surface area contributed by atoms with Gasteiger partial charge in [0, 0.05) is 12.6 Å². The smallest absolute Gasteiger partial charge is 0.338 e. The molecule has 2 aromatic rings. The lowest BCUT2D eigenvalue weighted by molar-refractivity contribution is 0.0600. The van der Waals surface area contributed by atoms with Gasteiger partial charge in [0.1, 0.15) is 5.82 Å². The van der Waals surface area contributed by atoms with Gasteiger partial charge >= 0.3 is 5.97 Å². The second kappa shape index (κ2) is 5.10. The van der Waals surface area contributed by atoms with Gasteiger partial charge in [-0.25, -0.2) is 13.2 Å². The van der Waals surface area contributed by atoms with Crippen LogP contribution in [0.2, 0.25) is 0 Å². The van der Waals surface area contributed by atoms with Crippen molar-refractivity contribution in [2.24, 2.45) is 5.92 Å². The summed E-state index contributed by atoms with van der Waals surface area (Å²) in [6.07, 6.45) is 2.94. The zero-order valence-corrected chi connectivity index (χ0v) is 12.3. The molecule has 0 saturated carbocycles. The highest BCUT2D eigenvalue weighted by Crippen LogP contribution is 2.22. The fourth-order valence-corrected chi connectivity index (χ4v) is 4.48. The molecule has 2 aromatic heterocycles. The van der Waals surface area contributed by atoms with Crippen LogP contribution in [-0.2, 0) is 21.0 Å². The molecule has 8 heteroatoms. The van der Waals surface area contributed by atoms with Crippen LogP contribution in [0.5, 0.6) is 0 Å². The normalized spacial score (nSPS) is 20.7. The van der Waals surface area contributed by atoms with Crippen molar-refractivity contribution in [1.82, 2.24) is 14.6 Å². The van der Waals surface area contributed by atoms with Gasteiger partial charge in [-0.2, -0.15) is 0 Å². The third-order valence-electron chi connectivity index (χ3n) is 3.70. The fraction of sp³-hybridized carbons (Fsp3) is 0.462. The van der Waals surface area contributed by atoms with E-state index >= 15 is 0 Å². The number of esters is 1. The van der Waals surface area contributed by atoms with Crippen molar-refractivity contribution in [1.29, 1.82) is 0 Å². The molecule has 1 atom stereocenters. The van der Waals surface area contributed by atoms with E-state index in [2.05, 4.69) is 14.9 Å². The minimum absolute atomic E-state index is 0.0858. The number of nitrogens with zero attached hydrogens (tertiary/aromatic N) is 3. The lowest BCUT2D eigenvalue weighted by Gasteiger charge is -2.06. The molecule has 0 spiro atoms. The van der Waals surface area contributed by atoms with Crippen LogP contribution in [0.3, 0.4) is 0 Å². The number of fused-ring (bicyclic) bond motifs is 1. The number of methoxy groups -OCH3 is 1. The van der Waals surface area contributed by atoms with Gasteiger partial charge in [-0.1, -0.05) is 0 Å². The minimum atomic E-state index is -2.89. The lowest BCUT2D eigenvalue weighted by atomic mass is 10.1. The molecule has 21 heavy (non-hydrogen) atoms. The summed E-state index contributed by atoms with van der Waals surface area (Å²) in [6.45, 7) is 0. The number of hydrogen-bond acceptors (Lipinski definition) is 6. The van der Waals surface area contributed by atoms with E-state index < -0.39 is 15.8 Å². The Morgan fingerprint density at radius 3 is 2.95 bits per heavy atom. The first-order valence-corrected chi connectivity index (χ1v) is 8.43. The number of rotatable bonds is 3. The zero-order chi connectivity index (χ0) is 15.0. The first-order chi connectivity index (χ1) is 9.98. The summed E-state index contributed by atoms with van der Waals surface area (Å²) in [7, 11) is -1.57. The number of carbonyl (C=O) groups is 1. The molecule has 0 aromatic carbocycles. The summed E-state index contributed by atoms with van der Waals surface area (Å²) >= 11 is 0. The molecule has 1 saturated heterocycles. The van der Waals surface area contributed by atoms with Crippen molar-refractivity contribution in [3.05, 3.63) is 29.7 Å². The standard InChI is InChI=1S/C13H15N3O4S/c1-20-13(17)10-2-4-16-11(14-15-12(16)7-10)6-9-3-5-21(18,19)8-9/h2,4,7,9H,3,5-6,8H2,1H3. The van der Waals surface area contributed by atoms with Crippen LogP contribution < -0.4 is 0 Å². The summed E-state index contributed by atoms with van der Waals surface area (Å²) in [5, 5.41) is 8.13. The predicted molar refractivity (Wildman–Crippen MR) is 74.8 cm³/mol. The van der Waals surface area contributed by atoms with E-state index in [9.17, 15) is 13.2 Å². The third-order valence-corrected chi connectivity index (χ3v) is 5.54. The van der Waals surface area contributed by atoms with Crippen molar-refractivity contribution in [3.63, 3.8) is 0 Å². The Balaban J connectivity index is 1.86. The molecular formula is C13H15N3O4S. The number of hydrogen-bond donors (Lipinski definition) is 0. The maximum absolute atomic E-state index is 11.5. The van der Waals surface area contributed by atoms with Crippen molar-refractivity contribution >= 4 is 21.5 Å². The van der Waals surface area contributed by atoms with Crippen LogP contribution >= 0.6 is 0 Å². The lowest BCUT2D eigenvalue weighted by Crippen LogP contribution is -2.10. The van der Waals surface area contributed by atoms with Crippen LogP contribution in [0.4, 0.5) is 0 Å². The Hall–Kier alpha value is -1.96. The third kappa shape index (κ3) is 2.76. The zero-order valence-electron chi connectivity index (χ0n) is 11.5. The molecule has 0 aliphatic carbocycles. The van der Waals surface area contributed by atoms with E-state index in [4.69, 9.17) is 0 Å². The molecule has 0 N–H and O–H groups in total. The van der Waals surface area contributed by atoms with E-state index in [1.54, 1.807) is 22.7 Å². The molecule has 7 nitrogen and oxygen atoms in total. The number of sulfone groups is 1. The Labute approximate surface area is 121 Å². The molecule has 3 rings (SSSR count). The average molecular weight is 309 g/mol. The number of ether oxygens (including phenoxy) is 1. The second-order valence-corrected chi connectivity index (χ2v) is 7.45. The average Bonchev–Trinajstić information content (AvgIpc) is 3.01. The summed E-state index contributed by atoms with van der Waals surface area (Å²) in [4.78, 5) is 11.5. The molecule has 1 aliphatic rings. The summed E-state index contributed by atoms with van der Waals surface area (Å²) in [6, 6.07) is 3.24. The summed E-state index contributed by atoms with van der Waals surface area (Å²) < 4.78 is 29.4. The topological polar surface area (TPSA) is 90.6 Å². The SMILES string of the molecule is COC(=O)c1ccn2c(CC3CCS(=O)(=O)C3)nnc2c1. The molecule has 1 fully saturated rings. The van der Waals surface area contributed by atoms with Gasteiger partial charge in [0.15, 0.2) is 15.5 Å². The highest BCUT2D eigenvalue weighted by Gasteiger charge is 2.29. The summed E-state index contributed by atoms with van der Waals surface area (Å²) in [5.41, 5.74) is 0.959. The van der Waals surface area contributed by atoms with Crippen LogP contribution in [-0.4, -0.2) is 47.6 Å². The van der Waals surface area contributed by atoms with E-state index in [0.717, 1.165) is 0 Å². The molecule has 112 valence electrons. The maximum Gasteiger partial charge on any atom is 0.338 e. The molecule has 1 aliphatic heterocycles. The van der Waals surface area contributed by atoms with Crippen LogP contribution in [0.25, 0.3) is 5.65 Å². The van der Waals surface area contributed by atoms with Crippen molar-refractivity contribution in [3.8, 4) is 0 Å². The molecule has 0 bridgehead atoms. The highest BCUT2D eigenvalue weighted by atomic mass is 32.2. The number of pyridine rings is 1. The van der Waals surface area contributed by atoms with Gasteiger partial charge in [0.25, 0.3) is 0 Å². The Bertz CT molecular complexity index is 797. The van der Waals surface area contributed by atoms with Crippen molar-refractivity contribution in [2.45, 2.75) is 12.8 Å². The van der Waals surface area contributed by atoms with Gasteiger partial charge in [-0.3, -0.25) is 4.40 Å². The predicted octanol–water partition coefficient (Wildman–Crippen LogP) is 0.493. The minimum Gasteiger partial charge on any atom is -0.465 e.